The van der Waals surface area contributed by atoms with Crippen LogP contribution in [0.5, 0.6) is 0 Å². The van der Waals surface area contributed by atoms with Crippen LogP contribution < -0.4 is 0 Å². The average molecular weight is 538 g/mol. The summed E-state index contributed by atoms with van der Waals surface area (Å²) in [7, 11) is -3.60. The van der Waals surface area contributed by atoms with Crippen LogP contribution in [-0.2, 0) is 21.2 Å². The zero-order valence-corrected chi connectivity index (χ0v) is 20.5. The predicted octanol–water partition coefficient (Wildman–Crippen LogP) is 3.32. The molecule has 1 aliphatic heterocycles. The van der Waals surface area contributed by atoms with E-state index in [2.05, 4.69) is 20.4 Å². The average Bonchev–Trinajstić information content (AvgIpc) is 3.42. The first-order chi connectivity index (χ1) is 17.3. The molecule has 1 aromatic carbocycles. The number of aliphatic carboxylic acids is 1. The first-order valence-corrected chi connectivity index (χ1v) is 13.0. The molecule has 10 nitrogen and oxygen atoms in total. The van der Waals surface area contributed by atoms with E-state index < -0.39 is 22.0 Å². The van der Waals surface area contributed by atoms with Gasteiger partial charge in [0.1, 0.15) is 5.69 Å². The summed E-state index contributed by atoms with van der Waals surface area (Å²) in [4.78, 5) is 23.9. The Morgan fingerprint density at radius 3 is 2.43 bits per heavy atom. The van der Waals surface area contributed by atoms with Gasteiger partial charge in [0.15, 0.2) is 9.84 Å². The minimum absolute atomic E-state index is 0.0744. The Bertz CT molecular complexity index is 1450. The van der Waals surface area contributed by atoms with E-state index in [4.69, 9.17) is 9.90 Å². The number of carboxylic acids is 1. The van der Waals surface area contributed by atoms with Crippen molar-refractivity contribution in [3.8, 4) is 22.5 Å². The largest absolute Gasteiger partial charge is 0.490 e. The van der Waals surface area contributed by atoms with Gasteiger partial charge in [0.25, 0.3) is 5.91 Å². The topological polar surface area (TPSA) is 146 Å². The van der Waals surface area contributed by atoms with Crippen LogP contribution in [0.3, 0.4) is 0 Å². The SMILES string of the molecule is CC(C1CC1)N1Cc2cc(-c3cnnc(-c4ccn[nH]4)c3)cc(S(C)(=O)=O)c2C1=O.O=C(O)C(F)(F)F. The number of amides is 1. The van der Waals surface area contributed by atoms with E-state index in [9.17, 15) is 26.4 Å². The molecule has 1 unspecified atom stereocenters. The highest BCUT2D eigenvalue weighted by atomic mass is 32.2. The molecule has 14 heteroatoms. The number of aromatic amines is 1. The number of fused-ring (bicyclic) bond motifs is 1. The van der Waals surface area contributed by atoms with Gasteiger partial charge in [-0.05, 0) is 61.1 Å². The second kappa shape index (κ2) is 9.57. The van der Waals surface area contributed by atoms with Crippen molar-refractivity contribution in [1.82, 2.24) is 25.3 Å². The molecule has 1 fully saturated rings. The van der Waals surface area contributed by atoms with Crippen LogP contribution in [0.1, 0.15) is 35.7 Å². The third kappa shape index (κ3) is 5.63. The molecule has 1 saturated carbocycles. The zero-order valence-electron chi connectivity index (χ0n) is 19.7. The Balaban J connectivity index is 0.000000405. The van der Waals surface area contributed by atoms with Crippen molar-refractivity contribution in [3.63, 3.8) is 0 Å². The smallest absolute Gasteiger partial charge is 0.475 e. The van der Waals surface area contributed by atoms with Crippen molar-refractivity contribution < 1.29 is 36.3 Å². The molecule has 5 rings (SSSR count). The Kier molecular flexibility index (Phi) is 6.79. The minimum Gasteiger partial charge on any atom is -0.475 e. The Hall–Kier alpha value is -3.81. The molecule has 196 valence electrons. The molecule has 3 heterocycles. The summed E-state index contributed by atoms with van der Waals surface area (Å²) in [5, 5.41) is 22.1. The summed E-state index contributed by atoms with van der Waals surface area (Å²) in [6.07, 6.45) is 1.51. The standard InChI is InChI=1S/C21H21N5O3S.C2HF3O2/c1-12(13-3-4-13)26-11-16-7-14(9-19(30(2,28)29)20(16)21(26)27)15-8-18(25-23-10-15)17-5-6-22-24-17;3-2(4,5)1(6)7/h5-10,12-13H,3-4,11H2,1-2H3,(H,22,24);(H,6,7). The highest BCUT2D eigenvalue weighted by Crippen LogP contribution is 2.40. The third-order valence-corrected chi connectivity index (χ3v) is 7.32. The number of sulfone groups is 1. The number of nitrogens with zero attached hydrogens (tertiary/aromatic N) is 4. The zero-order chi connectivity index (χ0) is 27.1. The van der Waals surface area contributed by atoms with Crippen molar-refractivity contribution in [2.24, 2.45) is 5.92 Å². The van der Waals surface area contributed by atoms with Gasteiger partial charge in [-0.25, -0.2) is 13.2 Å². The molecule has 3 aromatic rings. The Morgan fingerprint density at radius 1 is 1.22 bits per heavy atom. The number of hydrogen-bond acceptors (Lipinski definition) is 7. The van der Waals surface area contributed by atoms with Crippen LogP contribution in [0, 0.1) is 5.92 Å². The number of benzene rings is 1. The lowest BCUT2D eigenvalue weighted by Gasteiger charge is -2.24. The van der Waals surface area contributed by atoms with Crippen LogP contribution in [0.15, 0.2) is 41.6 Å². The molecule has 0 spiro atoms. The molecule has 0 radical (unpaired) electrons. The third-order valence-electron chi connectivity index (χ3n) is 6.20. The van der Waals surface area contributed by atoms with Crippen LogP contribution in [0.2, 0.25) is 0 Å². The molecule has 1 amide bonds. The van der Waals surface area contributed by atoms with Gasteiger partial charge < -0.3 is 10.0 Å². The molecule has 1 aliphatic carbocycles. The molecule has 2 aliphatic rings. The lowest BCUT2D eigenvalue weighted by Crippen LogP contribution is -2.35. The van der Waals surface area contributed by atoms with E-state index in [1.807, 2.05) is 24.0 Å². The fourth-order valence-corrected chi connectivity index (χ4v) is 5.05. The molecule has 2 N–H and O–H groups in total. The maximum atomic E-state index is 13.1. The minimum atomic E-state index is -5.08. The van der Waals surface area contributed by atoms with Crippen LogP contribution >= 0.6 is 0 Å². The van der Waals surface area contributed by atoms with Gasteiger partial charge in [-0.3, -0.25) is 9.89 Å². The highest BCUT2D eigenvalue weighted by Gasteiger charge is 2.41. The van der Waals surface area contributed by atoms with Gasteiger partial charge in [-0.2, -0.15) is 23.4 Å². The maximum absolute atomic E-state index is 13.1. The van der Waals surface area contributed by atoms with Crippen molar-refractivity contribution in [1.29, 1.82) is 0 Å². The number of carbonyl (C=O) groups is 2. The van der Waals surface area contributed by atoms with Crippen molar-refractivity contribution in [3.05, 3.63) is 47.8 Å². The fourth-order valence-electron chi connectivity index (χ4n) is 4.12. The van der Waals surface area contributed by atoms with Crippen LogP contribution in [0.25, 0.3) is 22.5 Å². The quantitative estimate of drug-likeness (QED) is 0.504. The number of carboxylic acid groups (broad SMARTS) is 1. The number of H-pyrrole nitrogens is 1. The van der Waals surface area contributed by atoms with E-state index in [-0.39, 0.29) is 16.8 Å². The Labute approximate surface area is 209 Å². The van der Waals surface area contributed by atoms with E-state index in [0.29, 0.717) is 35.0 Å². The van der Waals surface area contributed by atoms with Crippen molar-refractivity contribution in [2.75, 3.05) is 6.26 Å². The van der Waals surface area contributed by atoms with Gasteiger partial charge in [0.05, 0.1) is 22.3 Å². The van der Waals surface area contributed by atoms with Gasteiger partial charge in [-0.15, -0.1) is 5.10 Å². The summed E-state index contributed by atoms with van der Waals surface area (Å²) < 4.78 is 56.9. The molecular formula is C23H22F3N5O5S. The number of aromatic nitrogens is 4. The fraction of sp³-hybridized carbons (Fsp3) is 0.348. The number of halogens is 3. The van der Waals surface area contributed by atoms with Crippen molar-refractivity contribution in [2.45, 2.75) is 43.4 Å². The molecule has 2 aromatic heterocycles. The first-order valence-electron chi connectivity index (χ1n) is 11.1. The van der Waals surface area contributed by atoms with Gasteiger partial charge in [0, 0.05) is 30.6 Å². The second-order valence-electron chi connectivity index (χ2n) is 8.89. The normalized spacial score (nSPS) is 16.1. The summed E-state index contributed by atoms with van der Waals surface area (Å²) in [5.41, 5.74) is 3.79. The van der Waals surface area contributed by atoms with Crippen LogP contribution in [-0.4, -0.2) is 69.2 Å². The lowest BCUT2D eigenvalue weighted by atomic mass is 10.0. The Morgan fingerprint density at radius 2 is 1.89 bits per heavy atom. The predicted molar refractivity (Wildman–Crippen MR) is 124 cm³/mol. The maximum Gasteiger partial charge on any atom is 0.490 e. The van der Waals surface area contributed by atoms with Gasteiger partial charge in [-0.1, -0.05) is 0 Å². The molecule has 0 saturated heterocycles. The number of rotatable bonds is 5. The first kappa shape index (κ1) is 26.3. The molecule has 1 atom stereocenters. The second-order valence-corrected chi connectivity index (χ2v) is 10.9. The van der Waals surface area contributed by atoms with E-state index >= 15 is 0 Å². The molecule has 0 bridgehead atoms. The van der Waals surface area contributed by atoms with E-state index in [1.165, 1.54) is 0 Å². The summed E-state index contributed by atoms with van der Waals surface area (Å²) >= 11 is 0. The molecular weight excluding hydrogens is 515 g/mol. The summed E-state index contributed by atoms with van der Waals surface area (Å²) in [5.74, 6) is -2.44. The van der Waals surface area contributed by atoms with Gasteiger partial charge >= 0.3 is 12.1 Å². The molecule has 37 heavy (non-hydrogen) atoms. The summed E-state index contributed by atoms with van der Waals surface area (Å²) in [6, 6.07) is 7.19. The lowest BCUT2D eigenvalue weighted by molar-refractivity contribution is -0.192. The van der Waals surface area contributed by atoms with Crippen molar-refractivity contribution >= 4 is 21.7 Å². The van der Waals surface area contributed by atoms with Gasteiger partial charge in [0.2, 0.25) is 0 Å². The van der Waals surface area contributed by atoms with E-state index in [0.717, 1.165) is 30.2 Å². The monoisotopic (exact) mass is 537 g/mol. The number of nitrogens with one attached hydrogen (secondary N) is 1. The highest BCUT2D eigenvalue weighted by molar-refractivity contribution is 7.90. The number of carbonyl (C=O) groups excluding carboxylic acids is 1. The number of alkyl halides is 3. The van der Waals surface area contributed by atoms with E-state index in [1.54, 1.807) is 24.5 Å². The summed E-state index contributed by atoms with van der Waals surface area (Å²) in [6.45, 7) is 2.47. The van der Waals surface area contributed by atoms with Crippen LogP contribution in [0.4, 0.5) is 13.2 Å². The number of hydrogen-bond donors (Lipinski definition) is 2.